The first-order chi connectivity index (χ1) is 14.0. The highest BCUT2D eigenvalue weighted by molar-refractivity contribution is 6.39. The van der Waals surface area contributed by atoms with Gasteiger partial charge in [0.25, 0.3) is 0 Å². The highest BCUT2D eigenvalue weighted by Gasteiger charge is 2.13. The molecule has 0 unspecified atom stereocenters. The van der Waals surface area contributed by atoms with Crippen molar-refractivity contribution in [2.45, 2.75) is 12.8 Å². The van der Waals surface area contributed by atoms with Crippen molar-refractivity contribution in [1.29, 1.82) is 10.5 Å². The summed E-state index contributed by atoms with van der Waals surface area (Å²) in [6.45, 7) is 0. The predicted octanol–water partition coefficient (Wildman–Crippen LogP) is 5.65. The third-order valence-corrected chi connectivity index (χ3v) is 4.64. The second kappa shape index (κ2) is 9.40. The van der Waals surface area contributed by atoms with Crippen LogP contribution in [0.4, 0.5) is 23.1 Å². The van der Waals surface area contributed by atoms with Crippen LogP contribution in [0.25, 0.3) is 0 Å². The van der Waals surface area contributed by atoms with Crippen molar-refractivity contribution in [2.24, 2.45) is 0 Å². The van der Waals surface area contributed by atoms with Crippen LogP contribution in [-0.2, 0) is 6.42 Å². The van der Waals surface area contributed by atoms with E-state index >= 15 is 0 Å². The fourth-order valence-corrected chi connectivity index (χ4v) is 3.17. The van der Waals surface area contributed by atoms with E-state index in [2.05, 4.69) is 31.9 Å². The third-order valence-electron chi connectivity index (χ3n) is 3.79. The summed E-state index contributed by atoms with van der Waals surface area (Å²) in [5, 5.41) is 32.1. The van der Waals surface area contributed by atoms with E-state index in [4.69, 9.17) is 45.3 Å². The molecule has 0 bridgehead atoms. The minimum atomic E-state index is 0.0731. The van der Waals surface area contributed by atoms with E-state index in [0.29, 0.717) is 39.8 Å². The average molecular weight is 445 g/mol. The Kier molecular flexibility index (Phi) is 6.69. The molecular weight excluding hydrogens is 433 g/mol. The first-order valence-electron chi connectivity index (χ1n) is 8.29. The van der Waals surface area contributed by atoms with Crippen LogP contribution in [-0.4, -0.2) is 15.2 Å². The Bertz CT molecular complexity index is 1100. The van der Waals surface area contributed by atoms with Crippen LogP contribution >= 0.6 is 34.8 Å². The number of aryl methyl sites for hydroxylation is 1. The Labute approximate surface area is 181 Å². The van der Waals surface area contributed by atoms with Crippen LogP contribution in [0.2, 0.25) is 15.2 Å². The van der Waals surface area contributed by atoms with E-state index < -0.39 is 0 Å². The maximum atomic E-state index is 8.88. The number of hydrogen-bond donors (Lipinski definition) is 2. The molecule has 29 heavy (non-hydrogen) atoms. The Morgan fingerprint density at radius 2 is 1.62 bits per heavy atom. The molecule has 0 atom stereocenters. The highest BCUT2D eigenvalue weighted by atomic mass is 35.5. The van der Waals surface area contributed by atoms with Gasteiger partial charge >= 0.3 is 0 Å². The molecule has 1 heterocycles. The number of anilines is 4. The molecule has 0 saturated carbocycles. The first-order valence-corrected chi connectivity index (χ1v) is 9.43. The van der Waals surface area contributed by atoms with Crippen LogP contribution < -0.4 is 10.6 Å². The van der Waals surface area contributed by atoms with Crippen LogP contribution in [0.15, 0.2) is 36.4 Å². The van der Waals surface area contributed by atoms with Crippen LogP contribution in [0.5, 0.6) is 0 Å². The number of halogens is 3. The molecule has 0 fully saturated rings. The van der Waals surface area contributed by atoms with Crippen LogP contribution in [0, 0.1) is 22.7 Å². The zero-order valence-electron chi connectivity index (χ0n) is 14.7. The van der Waals surface area contributed by atoms with Gasteiger partial charge in [0.15, 0.2) is 11.0 Å². The Balaban J connectivity index is 1.83. The molecule has 0 aliphatic heterocycles. The summed E-state index contributed by atoms with van der Waals surface area (Å²) in [4.78, 5) is 4.31. The second-order valence-electron chi connectivity index (χ2n) is 5.81. The van der Waals surface area contributed by atoms with Crippen molar-refractivity contribution in [1.82, 2.24) is 15.2 Å². The number of nitrogens with zero attached hydrogens (tertiary/aromatic N) is 5. The molecule has 0 amide bonds. The number of benzene rings is 2. The summed E-state index contributed by atoms with van der Waals surface area (Å²) in [5.74, 6) is 0.408. The van der Waals surface area contributed by atoms with Gasteiger partial charge in [-0.25, -0.2) is 0 Å². The predicted molar refractivity (Wildman–Crippen MR) is 113 cm³/mol. The van der Waals surface area contributed by atoms with Crippen LogP contribution in [0.1, 0.15) is 17.5 Å². The monoisotopic (exact) mass is 443 g/mol. The second-order valence-corrected chi connectivity index (χ2v) is 6.98. The zero-order chi connectivity index (χ0) is 20.8. The molecule has 2 N–H and O–H groups in total. The van der Waals surface area contributed by atoms with Gasteiger partial charge in [-0.05, 0) is 48.4 Å². The fraction of sp³-hybridized carbons (Fsp3) is 0.105. The van der Waals surface area contributed by atoms with Crippen LogP contribution in [0.3, 0.4) is 0 Å². The first kappa shape index (κ1) is 20.6. The van der Waals surface area contributed by atoms with Gasteiger partial charge in [-0.15, -0.1) is 10.2 Å². The lowest BCUT2D eigenvalue weighted by atomic mass is 10.1. The van der Waals surface area contributed by atoms with E-state index in [-0.39, 0.29) is 16.9 Å². The summed E-state index contributed by atoms with van der Waals surface area (Å²) in [6.07, 6.45) is 0.919. The molecule has 7 nitrogen and oxygen atoms in total. The lowest BCUT2D eigenvalue weighted by Crippen LogP contribution is -2.04. The summed E-state index contributed by atoms with van der Waals surface area (Å²) >= 11 is 18.7. The van der Waals surface area contributed by atoms with Gasteiger partial charge in [0.2, 0.25) is 5.95 Å². The Hall–Kier alpha value is -3.10. The summed E-state index contributed by atoms with van der Waals surface area (Å²) in [6, 6.07) is 14.4. The lowest BCUT2D eigenvalue weighted by Gasteiger charge is -2.12. The van der Waals surface area contributed by atoms with Crippen molar-refractivity contribution in [3.63, 3.8) is 0 Å². The normalized spacial score (nSPS) is 10.1. The molecule has 1 aromatic heterocycles. The number of rotatable bonds is 6. The Morgan fingerprint density at radius 1 is 0.931 bits per heavy atom. The minimum Gasteiger partial charge on any atom is -0.337 e. The smallest absolute Gasteiger partial charge is 0.249 e. The molecule has 2 aromatic carbocycles. The molecule has 144 valence electrons. The minimum absolute atomic E-state index is 0.0731. The summed E-state index contributed by atoms with van der Waals surface area (Å²) < 4.78 is 0. The third kappa shape index (κ3) is 5.24. The number of nitriles is 2. The fourth-order valence-electron chi connectivity index (χ4n) is 2.41. The number of nitrogens with one attached hydrogen (secondary N) is 2. The molecule has 0 saturated heterocycles. The molecule has 3 aromatic rings. The standard InChI is InChI=1S/C19H12Cl3N7/c20-14-8-12(2-1-7-23)9-15(21)16(14)26-19-27-18(17(22)28-29-19)25-13-5-3-11(10-24)4-6-13/h3-6,8-9H,1-2H2,(H2,25,26,27,29). The van der Waals surface area contributed by atoms with Crippen molar-refractivity contribution >= 4 is 57.9 Å². The van der Waals surface area contributed by atoms with E-state index in [1.165, 1.54) is 0 Å². The maximum absolute atomic E-state index is 8.88. The van der Waals surface area contributed by atoms with Gasteiger partial charge in [-0.3, -0.25) is 0 Å². The van der Waals surface area contributed by atoms with Gasteiger partial charge in [0.1, 0.15) is 0 Å². The molecule has 0 radical (unpaired) electrons. The summed E-state index contributed by atoms with van der Waals surface area (Å²) in [7, 11) is 0. The van der Waals surface area contributed by atoms with Gasteiger partial charge in [0, 0.05) is 12.1 Å². The number of hydrogen-bond acceptors (Lipinski definition) is 7. The molecule has 0 spiro atoms. The zero-order valence-corrected chi connectivity index (χ0v) is 17.0. The summed E-state index contributed by atoms with van der Waals surface area (Å²) in [5.41, 5.74) is 2.48. The van der Waals surface area contributed by atoms with Crippen molar-refractivity contribution in [3.8, 4) is 12.1 Å². The topological polar surface area (TPSA) is 110 Å². The van der Waals surface area contributed by atoms with E-state index in [1.807, 2.05) is 6.07 Å². The maximum Gasteiger partial charge on any atom is 0.249 e. The molecule has 10 heteroatoms. The van der Waals surface area contributed by atoms with Gasteiger partial charge in [-0.1, -0.05) is 34.8 Å². The molecular formula is C19H12Cl3N7. The highest BCUT2D eigenvalue weighted by Crippen LogP contribution is 2.34. The van der Waals surface area contributed by atoms with Crippen molar-refractivity contribution < 1.29 is 0 Å². The van der Waals surface area contributed by atoms with Gasteiger partial charge in [0.05, 0.1) is 33.4 Å². The molecule has 0 aliphatic rings. The van der Waals surface area contributed by atoms with Crippen molar-refractivity contribution in [2.75, 3.05) is 10.6 Å². The van der Waals surface area contributed by atoms with E-state index in [9.17, 15) is 0 Å². The largest absolute Gasteiger partial charge is 0.337 e. The Morgan fingerprint density at radius 3 is 2.24 bits per heavy atom. The number of aromatic nitrogens is 3. The quantitative estimate of drug-likeness (QED) is 0.505. The van der Waals surface area contributed by atoms with Gasteiger partial charge in [-0.2, -0.15) is 15.5 Å². The lowest BCUT2D eigenvalue weighted by molar-refractivity contribution is 0.982. The molecule has 0 aliphatic carbocycles. The average Bonchev–Trinajstić information content (AvgIpc) is 2.72. The molecule has 3 rings (SSSR count). The van der Waals surface area contributed by atoms with Crippen molar-refractivity contribution in [3.05, 3.63) is 62.7 Å². The van der Waals surface area contributed by atoms with E-state index in [1.54, 1.807) is 36.4 Å². The van der Waals surface area contributed by atoms with E-state index in [0.717, 1.165) is 5.56 Å². The van der Waals surface area contributed by atoms with Gasteiger partial charge < -0.3 is 10.6 Å². The SMILES string of the molecule is N#CCCc1cc(Cl)c(Nc2nnc(Cl)c(Nc3ccc(C#N)cc3)n2)c(Cl)c1.